The van der Waals surface area contributed by atoms with E-state index in [0.717, 1.165) is 37.4 Å². The van der Waals surface area contributed by atoms with Gasteiger partial charge in [0.15, 0.2) is 5.65 Å². The van der Waals surface area contributed by atoms with Crippen molar-refractivity contribution in [2.45, 2.75) is 27.2 Å². The molecule has 0 unspecified atom stereocenters. The average Bonchev–Trinajstić information content (AvgIpc) is 3.06. The number of para-hydroxylation sites is 1. The molecule has 2 aromatic heterocycles. The molecule has 0 aliphatic heterocycles. The van der Waals surface area contributed by atoms with Crippen molar-refractivity contribution >= 4 is 28.5 Å². The first-order valence-corrected chi connectivity index (χ1v) is 10.2. The molecule has 1 aromatic carbocycles. The minimum atomic E-state index is -0.194. The highest BCUT2D eigenvalue weighted by molar-refractivity contribution is 6.38. The van der Waals surface area contributed by atoms with E-state index in [-0.39, 0.29) is 5.91 Å². The summed E-state index contributed by atoms with van der Waals surface area (Å²) in [6.45, 7) is 10.1. The molecule has 3 rings (SSSR count). The molecule has 2 N–H and O–H groups in total. The van der Waals surface area contributed by atoms with Crippen LogP contribution in [-0.2, 0) is 0 Å². The van der Waals surface area contributed by atoms with E-state index in [1.165, 1.54) is 11.1 Å². The van der Waals surface area contributed by atoms with Gasteiger partial charge in [0.1, 0.15) is 0 Å². The van der Waals surface area contributed by atoms with Gasteiger partial charge in [0.05, 0.1) is 47.0 Å². The molecule has 1 amide bonds. The molecule has 2 heterocycles. The number of fused-ring (bicyclic) bond motifs is 1. The highest BCUT2D eigenvalue weighted by atomic mass is 35.5. The lowest BCUT2D eigenvalue weighted by Crippen LogP contribution is -3.11. The van der Waals surface area contributed by atoms with Gasteiger partial charge in [0, 0.05) is 19.2 Å². The van der Waals surface area contributed by atoms with Gasteiger partial charge in [0.2, 0.25) is 0 Å². The molecule has 0 atom stereocenters. The lowest BCUT2D eigenvalue weighted by atomic mass is 10.2. The quantitative estimate of drug-likeness (QED) is 0.571. The van der Waals surface area contributed by atoms with Gasteiger partial charge in [-0.1, -0.05) is 29.8 Å². The van der Waals surface area contributed by atoms with E-state index < -0.39 is 0 Å². The number of quaternary nitrogens is 1. The molecule has 148 valence electrons. The number of hydrogen-bond acceptors (Lipinski definition) is 3. The fourth-order valence-corrected chi connectivity index (χ4v) is 3.71. The molecular weight excluding hydrogens is 374 g/mol. The molecule has 28 heavy (non-hydrogen) atoms. The largest absolute Gasteiger partial charge is 0.352 e. The van der Waals surface area contributed by atoms with Crippen LogP contribution in [0.5, 0.6) is 0 Å². The van der Waals surface area contributed by atoms with Crippen molar-refractivity contribution in [3.63, 3.8) is 0 Å². The van der Waals surface area contributed by atoms with Crippen LogP contribution in [-0.4, -0.2) is 46.9 Å². The Morgan fingerprint density at radius 1 is 1.21 bits per heavy atom. The van der Waals surface area contributed by atoms with Gasteiger partial charge in [-0.05, 0) is 32.9 Å². The monoisotopic (exact) mass is 400 g/mol. The number of benzene rings is 1. The van der Waals surface area contributed by atoms with Gasteiger partial charge < -0.3 is 10.2 Å². The molecule has 0 bridgehead atoms. The summed E-state index contributed by atoms with van der Waals surface area (Å²) in [6.07, 6.45) is 2.47. The van der Waals surface area contributed by atoms with E-state index in [9.17, 15) is 4.79 Å². The molecule has 0 fully saturated rings. The minimum Gasteiger partial charge on any atom is -0.352 e. The standard InChI is InChI=1S/C21H26ClN5O/c1-4-26(5-2)13-9-12-23-21(28)17-14-24-20-18(19(17)22)15(3)25-27(20)16-10-7-6-8-11-16/h6-8,10-11,14H,4-5,9,12-13H2,1-3H3,(H,23,28)/p+1. The zero-order valence-electron chi connectivity index (χ0n) is 16.6. The van der Waals surface area contributed by atoms with E-state index in [4.69, 9.17) is 11.6 Å². The van der Waals surface area contributed by atoms with Gasteiger partial charge in [-0.15, -0.1) is 0 Å². The van der Waals surface area contributed by atoms with Crippen molar-refractivity contribution in [3.05, 3.63) is 52.8 Å². The maximum atomic E-state index is 12.6. The summed E-state index contributed by atoms with van der Waals surface area (Å²) in [5.74, 6) is -0.194. The van der Waals surface area contributed by atoms with Crippen molar-refractivity contribution < 1.29 is 9.69 Å². The maximum absolute atomic E-state index is 12.6. The van der Waals surface area contributed by atoms with E-state index in [1.807, 2.05) is 37.3 Å². The summed E-state index contributed by atoms with van der Waals surface area (Å²) in [7, 11) is 0. The fourth-order valence-electron chi connectivity index (χ4n) is 3.35. The van der Waals surface area contributed by atoms with Gasteiger partial charge in [-0.2, -0.15) is 5.10 Å². The fraction of sp³-hybridized carbons (Fsp3) is 0.381. The van der Waals surface area contributed by atoms with Gasteiger partial charge >= 0.3 is 0 Å². The second-order valence-electron chi connectivity index (χ2n) is 6.83. The third kappa shape index (κ3) is 4.18. The Morgan fingerprint density at radius 3 is 2.61 bits per heavy atom. The Hall–Kier alpha value is -2.44. The number of nitrogens with zero attached hydrogens (tertiary/aromatic N) is 3. The van der Waals surface area contributed by atoms with Crippen molar-refractivity contribution in [3.8, 4) is 5.69 Å². The molecule has 7 heteroatoms. The van der Waals surface area contributed by atoms with Crippen LogP contribution in [0.4, 0.5) is 0 Å². The highest BCUT2D eigenvalue weighted by Gasteiger charge is 2.19. The first-order chi connectivity index (χ1) is 13.6. The van der Waals surface area contributed by atoms with Crippen LogP contribution in [0, 0.1) is 6.92 Å². The Labute approximate surface area is 170 Å². The zero-order valence-corrected chi connectivity index (χ0v) is 17.4. The van der Waals surface area contributed by atoms with Crippen LogP contribution in [0.1, 0.15) is 36.3 Å². The predicted octanol–water partition coefficient (Wildman–Crippen LogP) is 2.43. The number of amides is 1. The minimum absolute atomic E-state index is 0.194. The third-order valence-corrected chi connectivity index (χ3v) is 5.44. The Morgan fingerprint density at radius 2 is 1.93 bits per heavy atom. The van der Waals surface area contributed by atoms with Crippen molar-refractivity contribution in [2.24, 2.45) is 0 Å². The topological polar surface area (TPSA) is 64.2 Å². The number of aromatic nitrogens is 3. The number of nitrogens with one attached hydrogen (secondary N) is 2. The van der Waals surface area contributed by atoms with Gasteiger partial charge in [0.25, 0.3) is 5.91 Å². The predicted molar refractivity (Wildman–Crippen MR) is 112 cm³/mol. The van der Waals surface area contributed by atoms with Crippen molar-refractivity contribution in [1.29, 1.82) is 0 Å². The van der Waals surface area contributed by atoms with E-state index in [1.54, 1.807) is 4.68 Å². The van der Waals surface area contributed by atoms with Crippen molar-refractivity contribution in [1.82, 2.24) is 20.1 Å². The first-order valence-electron chi connectivity index (χ1n) is 9.77. The van der Waals surface area contributed by atoms with E-state index >= 15 is 0 Å². The molecule has 0 aliphatic rings. The maximum Gasteiger partial charge on any atom is 0.254 e. The summed E-state index contributed by atoms with van der Waals surface area (Å²) in [5, 5.41) is 8.65. The van der Waals surface area contributed by atoms with E-state index in [0.29, 0.717) is 28.2 Å². The number of halogens is 1. The van der Waals surface area contributed by atoms with Crippen LogP contribution in [0.3, 0.4) is 0 Å². The summed E-state index contributed by atoms with van der Waals surface area (Å²) in [4.78, 5) is 18.6. The van der Waals surface area contributed by atoms with Crippen LogP contribution >= 0.6 is 11.6 Å². The summed E-state index contributed by atoms with van der Waals surface area (Å²) in [6, 6.07) is 9.76. The second kappa shape index (κ2) is 9.17. The molecule has 0 spiro atoms. The summed E-state index contributed by atoms with van der Waals surface area (Å²) < 4.78 is 1.76. The van der Waals surface area contributed by atoms with Crippen LogP contribution in [0.15, 0.2) is 36.5 Å². The molecule has 0 saturated heterocycles. The van der Waals surface area contributed by atoms with Gasteiger partial charge in [-0.3, -0.25) is 4.79 Å². The van der Waals surface area contributed by atoms with Crippen LogP contribution in [0.25, 0.3) is 16.7 Å². The summed E-state index contributed by atoms with van der Waals surface area (Å²) >= 11 is 6.59. The third-order valence-electron chi connectivity index (χ3n) is 5.05. The molecule has 0 saturated carbocycles. The number of carbonyl (C=O) groups is 1. The smallest absolute Gasteiger partial charge is 0.254 e. The number of aryl methyl sites for hydroxylation is 1. The van der Waals surface area contributed by atoms with E-state index in [2.05, 4.69) is 29.2 Å². The summed E-state index contributed by atoms with van der Waals surface area (Å²) in [5.41, 5.74) is 2.69. The Balaban J connectivity index is 1.79. The molecule has 0 aliphatic carbocycles. The lowest BCUT2D eigenvalue weighted by Gasteiger charge is -2.15. The average molecular weight is 401 g/mol. The second-order valence-corrected chi connectivity index (χ2v) is 7.21. The number of hydrogen-bond donors (Lipinski definition) is 2. The number of carbonyl (C=O) groups excluding carboxylic acids is 1. The zero-order chi connectivity index (χ0) is 20.1. The molecular formula is C21H27ClN5O+. The Kier molecular flexibility index (Phi) is 6.65. The SMILES string of the molecule is CC[NH+](CC)CCCNC(=O)c1cnc2c(c(C)nn2-c2ccccc2)c1Cl. The number of pyridine rings is 1. The number of rotatable bonds is 8. The highest BCUT2D eigenvalue weighted by Crippen LogP contribution is 2.29. The molecule has 6 nitrogen and oxygen atoms in total. The van der Waals surface area contributed by atoms with Crippen LogP contribution in [0.2, 0.25) is 5.02 Å². The molecule has 0 radical (unpaired) electrons. The lowest BCUT2D eigenvalue weighted by molar-refractivity contribution is -0.896. The first kappa shape index (κ1) is 20.3. The van der Waals surface area contributed by atoms with Crippen LogP contribution < -0.4 is 10.2 Å². The van der Waals surface area contributed by atoms with Crippen molar-refractivity contribution in [2.75, 3.05) is 26.2 Å². The Bertz CT molecular complexity index is 950. The van der Waals surface area contributed by atoms with Gasteiger partial charge in [-0.25, -0.2) is 9.67 Å². The molecule has 3 aromatic rings. The normalized spacial score (nSPS) is 11.3.